The molecule has 1 spiro atoms. The highest BCUT2D eigenvalue weighted by molar-refractivity contribution is 5.98. The van der Waals surface area contributed by atoms with E-state index >= 15 is 0 Å². The van der Waals surface area contributed by atoms with Gasteiger partial charge >= 0.3 is 0 Å². The van der Waals surface area contributed by atoms with Crippen LogP contribution in [0.4, 0.5) is 17.1 Å². The van der Waals surface area contributed by atoms with E-state index < -0.39 is 5.41 Å². The molecule has 0 radical (unpaired) electrons. The highest BCUT2D eigenvalue weighted by Crippen LogP contribution is 2.64. The van der Waals surface area contributed by atoms with Gasteiger partial charge in [0.2, 0.25) is 0 Å². The Morgan fingerprint density at radius 2 is 1.02 bits per heavy atom. The Morgan fingerprint density at radius 1 is 0.458 bits per heavy atom. The molecule has 5 aliphatic rings. The molecule has 0 heterocycles. The van der Waals surface area contributed by atoms with Crippen molar-refractivity contribution >= 4 is 22.6 Å². The van der Waals surface area contributed by atoms with Crippen LogP contribution in [0, 0.1) is 5.41 Å². The molecule has 0 N–H and O–H groups in total. The molecule has 0 aliphatic heterocycles. The maximum atomic E-state index is 2.52. The summed E-state index contributed by atoms with van der Waals surface area (Å²) in [6.45, 7) is 4.62. The lowest BCUT2D eigenvalue weighted by atomic mass is 9.67. The molecule has 0 amide bonds. The lowest BCUT2D eigenvalue weighted by Gasteiger charge is -2.35. The molecule has 0 fully saturated rings. The second-order valence-corrected chi connectivity index (χ2v) is 17.2. The van der Waals surface area contributed by atoms with Gasteiger partial charge in [0.25, 0.3) is 0 Å². The molecular weight excluding hydrogens is 711 g/mol. The molecule has 284 valence electrons. The van der Waals surface area contributed by atoms with Crippen LogP contribution in [-0.2, 0) is 10.8 Å². The first-order valence-corrected chi connectivity index (χ1v) is 20.8. The summed E-state index contributed by atoms with van der Waals surface area (Å²) in [5.74, 6) is 0. The fraction of sp³-hybridized carbons (Fsp3) is 0.138. The van der Waals surface area contributed by atoms with Crippen molar-refractivity contribution in [2.75, 3.05) is 4.90 Å². The van der Waals surface area contributed by atoms with Gasteiger partial charge in [-0.05, 0) is 127 Å². The minimum absolute atomic E-state index is 0. The van der Waals surface area contributed by atoms with Gasteiger partial charge in [-0.25, -0.2) is 0 Å². The molecule has 12 rings (SSSR count). The Kier molecular flexibility index (Phi) is 7.75. The van der Waals surface area contributed by atoms with Crippen LogP contribution in [0.25, 0.3) is 27.8 Å². The number of allylic oxidation sites excluding steroid dienone is 8. The summed E-state index contributed by atoms with van der Waals surface area (Å²) in [6.07, 6.45) is 14.2. The van der Waals surface area contributed by atoms with Crippen molar-refractivity contribution in [3.05, 3.63) is 250 Å². The van der Waals surface area contributed by atoms with E-state index in [4.69, 9.17) is 0 Å². The van der Waals surface area contributed by atoms with Crippen molar-refractivity contribution in [3.8, 4) is 22.3 Å². The van der Waals surface area contributed by atoms with Crippen LogP contribution >= 0.6 is 0 Å². The number of hydrogen-bond donors (Lipinski definition) is 0. The van der Waals surface area contributed by atoms with Gasteiger partial charge < -0.3 is 4.90 Å². The molecule has 0 aromatic heterocycles. The number of anilines is 3. The minimum Gasteiger partial charge on any atom is -0.310 e. The van der Waals surface area contributed by atoms with Crippen molar-refractivity contribution in [3.63, 3.8) is 0 Å². The van der Waals surface area contributed by atoms with E-state index in [2.05, 4.69) is 219 Å². The first kappa shape index (κ1) is 35.5. The van der Waals surface area contributed by atoms with Crippen LogP contribution < -0.4 is 4.90 Å². The zero-order valence-electron chi connectivity index (χ0n) is 32.9. The third kappa shape index (κ3) is 4.73. The number of benzene rings is 7. The fourth-order valence-electron chi connectivity index (χ4n) is 11.4. The van der Waals surface area contributed by atoms with Crippen LogP contribution in [0.15, 0.2) is 211 Å². The van der Waals surface area contributed by atoms with Gasteiger partial charge in [-0.2, -0.15) is 0 Å². The van der Waals surface area contributed by atoms with E-state index in [-0.39, 0.29) is 18.3 Å². The molecule has 5 aliphatic carbocycles. The predicted octanol–water partition coefficient (Wildman–Crippen LogP) is 15.1. The monoisotopic (exact) mass is 757 g/mol. The van der Waals surface area contributed by atoms with Crippen LogP contribution in [0.3, 0.4) is 0 Å². The number of nitrogens with zero attached hydrogens (tertiary/aromatic N) is 1. The van der Waals surface area contributed by atoms with Crippen molar-refractivity contribution in [1.82, 2.24) is 0 Å². The first-order chi connectivity index (χ1) is 28.5. The summed E-state index contributed by atoms with van der Waals surface area (Å²) in [5.41, 5.74) is 21.7. The zero-order valence-corrected chi connectivity index (χ0v) is 32.9. The van der Waals surface area contributed by atoms with Crippen molar-refractivity contribution in [2.24, 2.45) is 5.41 Å². The number of para-hydroxylation sites is 1. The standard InChI is InChI=1S/C57H43N.CH4/c1-55(2)34-33-39(37-55)56(38-17-5-3-6-18-38)49-25-13-12-24-46(49)48-35-41(30-32-53(48)56)58(40-19-7-4-8-20-40)42-29-31-47-45-23-11-16-28-52(45)57(54(47)36-42)50-26-14-9-21-43(50)44-22-10-15-27-51(44)57;/h3-9,11-21,23-37H,10,22H2,1-2H3;1H4. The van der Waals surface area contributed by atoms with Gasteiger partial charge in [0.15, 0.2) is 0 Å². The van der Waals surface area contributed by atoms with Crippen LogP contribution in [0.2, 0.25) is 0 Å². The molecule has 0 saturated carbocycles. The quantitative estimate of drug-likeness (QED) is 0.169. The van der Waals surface area contributed by atoms with Gasteiger partial charge in [0.05, 0.1) is 10.8 Å². The SMILES string of the molecule is C.CC1(C)C=CC(C2(c3ccccc3)c3ccccc3-c3cc(N(c4ccccc4)c4ccc5c(c4)C4(C6=C(CCC=C6)c6ccccc64)c4ccccc4-5)ccc32)=C1. The minimum atomic E-state index is -0.423. The largest absolute Gasteiger partial charge is 0.310 e. The molecule has 0 saturated heterocycles. The first-order valence-electron chi connectivity index (χ1n) is 20.8. The van der Waals surface area contributed by atoms with Gasteiger partial charge in [-0.15, -0.1) is 0 Å². The smallest absolute Gasteiger partial charge is 0.0722 e. The molecule has 0 bridgehead atoms. The third-order valence-corrected chi connectivity index (χ3v) is 13.7. The van der Waals surface area contributed by atoms with Crippen molar-refractivity contribution in [1.29, 1.82) is 0 Å². The summed E-state index contributed by atoms with van der Waals surface area (Å²) in [4.78, 5) is 2.48. The Morgan fingerprint density at radius 3 is 1.73 bits per heavy atom. The molecule has 7 aromatic carbocycles. The number of hydrogen-bond acceptors (Lipinski definition) is 1. The van der Waals surface area contributed by atoms with Gasteiger partial charge in [0.1, 0.15) is 0 Å². The maximum Gasteiger partial charge on any atom is 0.0722 e. The average Bonchev–Trinajstić information content (AvgIpc) is 3.98. The molecular formula is C58H47N. The maximum absolute atomic E-state index is 2.52. The summed E-state index contributed by atoms with van der Waals surface area (Å²) in [6, 6.07) is 64.1. The molecule has 7 aromatic rings. The lowest BCUT2D eigenvalue weighted by Crippen LogP contribution is -2.29. The summed E-state index contributed by atoms with van der Waals surface area (Å²) >= 11 is 0. The highest BCUT2D eigenvalue weighted by atomic mass is 15.1. The molecule has 59 heavy (non-hydrogen) atoms. The van der Waals surface area contributed by atoms with Crippen molar-refractivity contribution < 1.29 is 0 Å². The van der Waals surface area contributed by atoms with E-state index in [0.29, 0.717) is 0 Å². The molecule has 2 atom stereocenters. The lowest BCUT2D eigenvalue weighted by molar-refractivity contribution is 0.628. The van der Waals surface area contributed by atoms with E-state index in [0.717, 1.165) is 29.9 Å². The van der Waals surface area contributed by atoms with Crippen molar-refractivity contribution in [2.45, 2.75) is 44.9 Å². The third-order valence-electron chi connectivity index (χ3n) is 13.7. The summed E-state index contributed by atoms with van der Waals surface area (Å²) < 4.78 is 0. The Balaban J connectivity index is 0.00000397. The van der Waals surface area contributed by atoms with Crippen LogP contribution in [0.5, 0.6) is 0 Å². The second-order valence-electron chi connectivity index (χ2n) is 17.2. The predicted molar refractivity (Wildman–Crippen MR) is 248 cm³/mol. The Labute approximate surface area is 349 Å². The topological polar surface area (TPSA) is 3.24 Å². The highest BCUT2D eigenvalue weighted by Gasteiger charge is 2.53. The summed E-state index contributed by atoms with van der Waals surface area (Å²) in [5, 5.41) is 0. The van der Waals surface area contributed by atoms with Gasteiger partial charge in [-0.1, -0.05) is 185 Å². The fourth-order valence-corrected chi connectivity index (χ4v) is 11.4. The van der Waals surface area contributed by atoms with Gasteiger partial charge in [-0.3, -0.25) is 0 Å². The molecule has 1 nitrogen and oxygen atoms in total. The average molecular weight is 758 g/mol. The van der Waals surface area contributed by atoms with E-state index in [1.165, 1.54) is 77.9 Å². The zero-order chi connectivity index (χ0) is 38.6. The number of fused-ring (bicyclic) bond motifs is 12. The van der Waals surface area contributed by atoms with Crippen LogP contribution in [-0.4, -0.2) is 0 Å². The van der Waals surface area contributed by atoms with E-state index in [9.17, 15) is 0 Å². The van der Waals surface area contributed by atoms with Gasteiger partial charge in [0, 0.05) is 22.5 Å². The molecule has 1 heteroatoms. The van der Waals surface area contributed by atoms with E-state index in [1.807, 2.05) is 0 Å². The molecule has 2 unspecified atom stereocenters. The summed E-state index contributed by atoms with van der Waals surface area (Å²) in [7, 11) is 0. The normalized spacial score (nSPS) is 20.6. The van der Waals surface area contributed by atoms with E-state index in [1.54, 1.807) is 0 Å². The Bertz CT molecular complexity index is 2970. The second kappa shape index (κ2) is 12.9. The number of rotatable bonds is 5. The van der Waals surface area contributed by atoms with Crippen LogP contribution in [0.1, 0.15) is 73.1 Å². The Hall–Kier alpha value is -6.70.